The normalized spacial score (nSPS) is 21.5. The van der Waals surface area contributed by atoms with E-state index in [1.54, 1.807) is 11.1 Å². The Morgan fingerprint density at radius 1 is 0.833 bits per heavy atom. The Bertz CT molecular complexity index is 722. The van der Waals surface area contributed by atoms with Gasteiger partial charge in [0, 0.05) is 5.41 Å². The summed E-state index contributed by atoms with van der Waals surface area (Å²) in [4.78, 5) is 0. The summed E-state index contributed by atoms with van der Waals surface area (Å²) in [5, 5.41) is 0. The summed E-state index contributed by atoms with van der Waals surface area (Å²) >= 11 is 5.05. The van der Waals surface area contributed by atoms with Gasteiger partial charge < -0.3 is 0 Å². The second kappa shape index (κ2) is 7.26. The summed E-state index contributed by atoms with van der Waals surface area (Å²) in [5.41, 5.74) is 7.64. The Hall–Kier alpha value is -0.1000. The summed E-state index contributed by atoms with van der Waals surface area (Å²) in [6, 6.07) is 16.3. The SMILES string of the molecule is CCC(C)C1(C(C)CC)c2ccccc2-c2ccc(C(I)I)cc21. The van der Waals surface area contributed by atoms with E-state index in [1.165, 1.54) is 29.5 Å². The lowest BCUT2D eigenvalue weighted by Crippen LogP contribution is -2.39. The molecule has 0 saturated carbocycles. The number of benzene rings is 2. The van der Waals surface area contributed by atoms with Crippen molar-refractivity contribution in [2.24, 2.45) is 11.8 Å². The first-order chi connectivity index (χ1) is 11.5. The van der Waals surface area contributed by atoms with Crippen LogP contribution in [0.5, 0.6) is 0 Å². The summed E-state index contributed by atoms with van der Waals surface area (Å²) in [5.74, 6) is 1.26. The summed E-state index contributed by atoms with van der Waals surface area (Å²) in [6.07, 6.45) is 2.42. The average molecular weight is 544 g/mol. The third-order valence-electron chi connectivity index (χ3n) is 6.18. The zero-order valence-electron chi connectivity index (χ0n) is 14.9. The number of alkyl halides is 2. The monoisotopic (exact) mass is 544 g/mol. The van der Waals surface area contributed by atoms with E-state index in [-0.39, 0.29) is 5.41 Å². The number of fused-ring (bicyclic) bond motifs is 3. The standard InChI is InChI=1S/C22H26I2/c1-5-14(3)22(15(4)6-2)19-10-8-7-9-17(19)18-12-11-16(21(23)24)13-20(18)22/h7-15,21H,5-6H2,1-4H3. The van der Waals surface area contributed by atoms with Crippen LogP contribution in [0.2, 0.25) is 0 Å². The highest BCUT2D eigenvalue weighted by molar-refractivity contribution is 14.2. The lowest BCUT2D eigenvalue weighted by molar-refractivity contribution is 0.235. The Morgan fingerprint density at radius 2 is 1.42 bits per heavy atom. The summed E-state index contributed by atoms with van der Waals surface area (Å²) in [6.45, 7) is 9.60. The fraction of sp³-hybridized carbons (Fsp3) is 0.455. The van der Waals surface area contributed by atoms with Gasteiger partial charge in [-0.2, -0.15) is 0 Å². The first kappa shape index (κ1) is 18.7. The van der Waals surface area contributed by atoms with Crippen LogP contribution in [0.4, 0.5) is 0 Å². The largest absolute Gasteiger partial charge is 0.0875 e. The van der Waals surface area contributed by atoms with Gasteiger partial charge in [-0.05, 0) is 39.7 Å². The van der Waals surface area contributed by atoms with Gasteiger partial charge in [0.05, 0.1) is 1.93 Å². The van der Waals surface area contributed by atoms with E-state index in [0.29, 0.717) is 13.8 Å². The van der Waals surface area contributed by atoms with Crippen molar-refractivity contribution in [3.05, 3.63) is 59.2 Å². The maximum atomic E-state index is 2.53. The molecular formula is C22H26I2. The first-order valence-electron chi connectivity index (χ1n) is 9.00. The highest BCUT2D eigenvalue weighted by Crippen LogP contribution is 2.58. The van der Waals surface area contributed by atoms with Crippen molar-refractivity contribution >= 4 is 45.2 Å². The van der Waals surface area contributed by atoms with Crippen molar-refractivity contribution in [1.29, 1.82) is 0 Å². The molecule has 2 atom stereocenters. The van der Waals surface area contributed by atoms with Crippen LogP contribution in [0.3, 0.4) is 0 Å². The first-order valence-corrected chi connectivity index (χ1v) is 11.5. The van der Waals surface area contributed by atoms with Crippen LogP contribution in [0, 0.1) is 11.8 Å². The predicted octanol–water partition coefficient (Wildman–Crippen LogP) is 7.91. The van der Waals surface area contributed by atoms with Gasteiger partial charge in [-0.15, -0.1) is 0 Å². The van der Waals surface area contributed by atoms with Crippen molar-refractivity contribution in [3.8, 4) is 11.1 Å². The van der Waals surface area contributed by atoms with Crippen LogP contribution in [-0.4, -0.2) is 0 Å². The van der Waals surface area contributed by atoms with Crippen LogP contribution >= 0.6 is 45.2 Å². The van der Waals surface area contributed by atoms with E-state index < -0.39 is 0 Å². The molecule has 24 heavy (non-hydrogen) atoms. The molecular weight excluding hydrogens is 518 g/mol. The number of hydrogen-bond acceptors (Lipinski definition) is 0. The molecule has 0 fully saturated rings. The Kier molecular flexibility index (Phi) is 5.65. The summed E-state index contributed by atoms with van der Waals surface area (Å²) in [7, 11) is 0. The zero-order valence-corrected chi connectivity index (χ0v) is 19.3. The molecule has 0 aromatic heterocycles. The smallest absolute Gasteiger partial charge is 0.0657 e. The molecule has 0 heterocycles. The van der Waals surface area contributed by atoms with Crippen LogP contribution < -0.4 is 0 Å². The molecule has 0 bridgehead atoms. The second-order valence-electron chi connectivity index (χ2n) is 7.14. The molecule has 2 aromatic rings. The average Bonchev–Trinajstić information content (AvgIpc) is 2.91. The van der Waals surface area contributed by atoms with Crippen LogP contribution in [0.25, 0.3) is 11.1 Å². The van der Waals surface area contributed by atoms with Crippen molar-refractivity contribution in [3.63, 3.8) is 0 Å². The van der Waals surface area contributed by atoms with E-state index in [9.17, 15) is 0 Å². The highest BCUT2D eigenvalue weighted by Gasteiger charge is 2.49. The van der Waals surface area contributed by atoms with E-state index >= 15 is 0 Å². The van der Waals surface area contributed by atoms with E-state index in [4.69, 9.17) is 0 Å². The zero-order chi connectivity index (χ0) is 17.5. The molecule has 1 aliphatic rings. The Labute approximate surface area is 174 Å². The highest BCUT2D eigenvalue weighted by atomic mass is 127. The Morgan fingerprint density at radius 3 is 2.00 bits per heavy atom. The molecule has 0 radical (unpaired) electrons. The van der Waals surface area contributed by atoms with Gasteiger partial charge in [-0.3, -0.25) is 0 Å². The lowest BCUT2D eigenvalue weighted by atomic mass is 9.60. The maximum absolute atomic E-state index is 2.53. The quantitative estimate of drug-likeness (QED) is 0.265. The van der Waals surface area contributed by atoms with E-state index in [0.717, 1.165) is 0 Å². The van der Waals surface area contributed by atoms with Gasteiger partial charge in [0.2, 0.25) is 0 Å². The molecule has 0 amide bonds. The molecule has 1 aliphatic carbocycles. The number of rotatable bonds is 5. The molecule has 0 spiro atoms. The fourth-order valence-electron chi connectivity index (χ4n) is 4.69. The molecule has 0 nitrogen and oxygen atoms in total. The lowest BCUT2D eigenvalue weighted by Gasteiger charge is -2.43. The topological polar surface area (TPSA) is 0 Å². The molecule has 3 rings (SSSR count). The Balaban J connectivity index is 2.38. The minimum atomic E-state index is 0.146. The number of halogens is 2. The third kappa shape index (κ3) is 2.67. The van der Waals surface area contributed by atoms with Gasteiger partial charge in [0.15, 0.2) is 0 Å². The van der Waals surface area contributed by atoms with Gasteiger partial charge in [0.25, 0.3) is 0 Å². The third-order valence-corrected chi connectivity index (χ3v) is 7.62. The number of hydrogen-bond donors (Lipinski definition) is 0. The van der Waals surface area contributed by atoms with E-state index in [2.05, 4.69) is 115 Å². The minimum Gasteiger partial charge on any atom is -0.0657 e. The van der Waals surface area contributed by atoms with Crippen molar-refractivity contribution in [2.75, 3.05) is 0 Å². The second-order valence-corrected chi connectivity index (χ2v) is 12.0. The fourth-order valence-corrected chi connectivity index (χ4v) is 5.46. The van der Waals surface area contributed by atoms with Crippen molar-refractivity contribution in [2.45, 2.75) is 47.9 Å². The van der Waals surface area contributed by atoms with Gasteiger partial charge >= 0.3 is 0 Å². The molecule has 2 unspecified atom stereocenters. The van der Waals surface area contributed by atoms with Crippen LogP contribution in [-0.2, 0) is 5.41 Å². The molecule has 2 heteroatoms. The minimum absolute atomic E-state index is 0.146. The van der Waals surface area contributed by atoms with Gasteiger partial charge in [-0.1, -0.05) is 128 Å². The van der Waals surface area contributed by atoms with Gasteiger partial charge in [-0.25, -0.2) is 0 Å². The van der Waals surface area contributed by atoms with Crippen LogP contribution in [0.15, 0.2) is 42.5 Å². The van der Waals surface area contributed by atoms with Gasteiger partial charge in [0.1, 0.15) is 0 Å². The molecule has 0 saturated heterocycles. The predicted molar refractivity (Wildman–Crippen MR) is 122 cm³/mol. The van der Waals surface area contributed by atoms with Crippen LogP contribution in [0.1, 0.15) is 59.2 Å². The molecule has 0 N–H and O–H groups in total. The summed E-state index contributed by atoms with van der Waals surface area (Å²) < 4.78 is 0.515. The van der Waals surface area contributed by atoms with E-state index in [1.807, 2.05) is 0 Å². The molecule has 2 aromatic carbocycles. The molecule has 128 valence electrons. The van der Waals surface area contributed by atoms with Crippen molar-refractivity contribution < 1.29 is 0 Å². The van der Waals surface area contributed by atoms with Crippen molar-refractivity contribution in [1.82, 2.24) is 0 Å². The maximum Gasteiger partial charge on any atom is 0.0875 e. The molecule has 0 aliphatic heterocycles.